The molecular weight excluding hydrogens is 390 g/mol. The number of aryl methyl sites for hydroxylation is 1. The van der Waals surface area contributed by atoms with E-state index in [2.05, 4.69) is 31.2 Å². The minimum atomic E-state index is -0.217. The number of nitriles is 1. The summed E-state index contributed by atoms with van der Waals surface area (Å²) in [5.41, 5.74) is 1.34. The number of carbonyl (C=O) groups is 1. The second-order valence-electron chi connectivity index (χ2n) is 7.21. The first kappa shape index (κ1) is 19.7. The minimum absolute atomic E-state index is 0.217. The number of nitrogens with one attached hydrogen (secondary N) is 1. The quantitative estimate of drug-likeness (QED) is 0.745. The van der Waals surface area contributed by atoms with E-state index in [1.807, 2.05) is 13.0 Å². The molecule has 10 heteroatoms. The number of hydrogen-bond acceptors (Lipinski definition) is 9. The molecule has 29 heavy (non-hydrogen) atoms. The molecule has 2 fully saturated rings. The van der Waals surface area contributed by atoms with Gasteiger partial charge in [0, 0.05) is 23.9 Å². The van der Waals surface area contributed by atoms with Crippen LogP contribution in [0.25, 0.3) is 0 Å². The highest BCUT2D eigenvalue weighted by Crippen LogP contribution is 2.28. The van der Waals surface area contributed by atoms with Crippen LogP contribution in [0, 0.1) is 18.3 Å². The molecule has 0 aliphatic carbocycles. The van der Waals surface area contributed by atoms with Crippen LogP contribution < -0.4 is 5.32 Å². The second-order valence-corrected chi connectivity index (χ2v) is 8.07. The van der Waals surface area contributed by atoms with Crippen molar-refractivity contribution in [2.24, 2.45) is 0 Å². The fourth-order valence-corrected chi connectivity index (χ4v) is 4.37. The standard InChI is InChI=1S/C19H23N7O2S/c1-13-21-15(14-4-2-6-25(11-14)8-5-20)10-17(22-13)24-19-23-16(12-29-19)18(27)26-7-3-9-28-26/h10,12,14H,2-4,6-9,11H2,1H3,(H,21,22,23,24)/t14-/m1/s1. The Kier molecular flexibility index (Phi) is 5.99. The Morgan fingerprint density at radius 3 is 3.07 bits per heavy atom. The summed E-state index contributed by atoms with van der Waals surface area (Å²) in [7, 11) is 0. The summed E-state index contributed by atoms with van der Waals surface area (Å²) in [6.45, 7) is 5.26. The lowest BCUT2D eigenvalue weighted by Gasteiger charge is -2.30. The number of hydroxylamine groups is 2. The topological polar surface area (TPSA) is 107 Å². The molecule has 4 heterocycles. The maximum atomic E-state index is 12.4. The van der Waals surface area contributed by atoms with Gasteiger partial charge in [-0.3, -0.25) is 14.5 Å². The van der Waals surface area contributed by atoms with Gasteiger partial charge in [-0.15, -0.1) is 11.3 Å². The normalized spacial score (nSPS) is 19.9. The van der Waals surface area contributed by atoms with Crippen molar-refractivity contribution in [3.63, 3.8) is 0 Å². The number of amides is 1. The average Bonchev–Trinajstić information content (AvgIpc) is 3.40. The van der Waals surface area contributed by atoms with Crippen LogP contribution in [0.3, 0.4) is 0 Å². The van der Waals surface area contributed by atoms with Crippen molar-refractivity contribution >= 4 is 28.2 Å². The number of thiazole rings is 1. The van der Waals surface area contributed by atoms with Gasteiger partial charge in [0.15, 0.2) is 5.13 Å². The van der Waals surface area contributed by atoms with E-state index in [9.17, 15) is 4.79 Å². The molecule has 152 valence electrons. The van der Waals surface area contributed by atoms with Gasteiger partial charge in [0.05, 0.1) is 31.5 Å². The molecule has 0 saturated carbocycles. The molecule has 0 bridgehead atoms. The van der Waals surface area contributed by atoms with Crippen molar-refractivity contribution < 1.29 is 9.63 Å². The van der Waals surface area contributed by atoms with E-state index < -0.39 is 0 Å². The van der Waals surface area contributed by atoms with Crippen molar-refractivity contribution in [1.82, 2.24) is 24.9 Å². The summed E-state index contributed by atoms with van der Waals surface area (Å²) in [6, 6.07) is 4.17. The van der Waals surface area contributed by atoms with E-state index in [-0.39, 0.29) is 11.8 Å². The van der Waals surface area contributed by atoms with E-state index in [0.717, 1.165) is 38.0 Å². The molecule has 2 aliphatic rings. The van der Waals surface area contributed by atoms with Gasteiger partial charge in [0.25, 0.3) is 5.91 Å². The van der Waals surface area contributed by atoms with Crippen LogP contribution in [-0.2, 0) is 4.84 Å². The number of carbonyl (C=O) groups excluding carboxylic acids is 1. The van der Waals surface area contributed by atoms with Crippen LogP contribution >= 0.6 is 11.3 Å². The molecule has 0 aromatic carbocycles. The first-order valence-electron chi connectivity index (χ1n) is 9.74. The summed E-state index contributed by atoms with van der Waals surface area (Å²) < 4.78 is 0. The highest BCUT2D eigenvalue weighted by molar-refractivity contribution is 7.14. The Morgan fingerprint density at radius 2 is 2.28 bits per heavy atom. The SMILES string of the molecule is Cc1nc(Nc2nc(C(=O)N3CCCO3)cs2)cc([C@@H]2CCCN(CC#N)C2)n1. The van der Waals surface area contributed by atoms with E-state index in [4.69, 9.17) is 10.1 Å². The van der Waals surface area contributed by atoms with Crippen molar-refractivity contribution in [1.29, 1.82) is 5.26 Å². The Labute approximate surface area is 173 Å². The predicted octanol–water partition coefficient (Wildman–Crippen LogP) is 2.47. The smallest absolute Gasteiger partial charge is 0.296 e. The van der Waals surface area contributed by atoms with Gasteiger partial charge in [-0.25, -0.2) is 20.0 Å². The fraction of sp³-hybridized carbons (Fsp3) is 0.526. The van der Waals surface area contributed by atoms with Crippen LogP contribution in [0.5, 0.6) is 0 Å². The summed E-state index contributed by atoms with van der Waals surface area (Å²) in [4.78, 5) is 33.3. The Morgan fingerprint density at radius 1 is 1.38 bits per heavy atom. The molecule has 2 saturated heterocycles. The molecule has 9 nitrogen and oxygen atoms in total. The maximum Gasteiger partial charge on any atom is 0.296 e. The third-order valence-corrected chi connectivity index (χ3v) is 5.77. The van der Waals surface area contributed by atoms with E-state index in [0.29, 0.717) is 42.2 Å². The summed E-state index contributed by atoms with van der Waals surface area (Å²) in [6.07, 6.45) is 2.94. The van der Waals surface area contributed by atoms with E-state index in [1.165, 1.54) is 16.4 Å². The molecule has 2 aliphatic heterocycles. The van der Waals surface area contributed by atoms with Gasteiger partial charge < -0.3 is 5.32 Å². The number of rotatable bonds is 5. The highest BCUT2D eigenvalue weighted by atomic mass is 32.1. The van der Waals surface area contributed by atoms with Crippen molar-refractivity contribution in [3.8, 4) is 6.07 Å². The van der Waals surface area contributed by atoms with Crippen LogP contribution in [0.1, 0.15) is 47.2 Å². The number of likely N-dealkylation sites (tertiary alicyclic amines) is 1. The molecule has 0 spiro atoms. The lowest BCUT2D eigenvalue weighted by molar-refractivity contribution is -0.0771. The number of hydrogen-bond donors (Lipinski definition) is 1. The molecular formula is C19H23N7O2S. The van der Waals surface area contributed by atoms with E-state index >= 15 is 0 Å². The first-order valence-corrected chi connectivity index (χ1v) is 10.6. The Balaban J connectivity index is 1.47. The molecule has 1 N–H and O–H groups in total. The van der Waals surface area contributed by atoms with Crippen LogP contribution in [0.15, 0.2) is 11.4 Å². The first-order chi connectivity index (χ1) is 14.1. The highest BCUT2D eigenvalue weighted by Gasteiger charge is 2.24. The average molecular weight is 414 g/mol. The fourth-order valence-electron chi connectivity index (χ4n) is 3.68. The third kappa shape index (κ3) is 4.70. The minimum Gasteiger partial charge on any atom is -0.316 e. The maximum absolute atomic E-state index is 12.4. The number of anilines is 2. The number of aromatic nitrogens is 3. The van der Waals surface area contributed by atoms with Crippen molar-refractivity contribution in [3.05, 3.63) is 28.7 Å². The van der Waals surface area contributed by atoms with Crippen molar-refractivity contribution in [2.75, 3.05) is 38.1 Å². The van der Waals surface area contributed by atoms with Gasteiger partial charge in [-0.2, -0.15) is 5.26 Å². The zero-order chi connectivity index (χ0) is 20.2. The van der Waals surface area contributed by atoms with Crippen molar-refractivity contribution in [2.45, 2.75) is 32.1 Å². The Hall–Kier alpha value is -2.61. The summed E-state index contributed by atoms with van der Waals surface area (Å²) in [5.74, 6) is 1.41. The molecule has 2 aromatic heterocycles. The number of piperidine rings is 1. The molecule has 4 rings (SSSR count). The number of nitrogens with zero attached hydrogens (tertiary/aromatic N) is 6. The zero-order valence-corrected chi connectivity index (χ0v) is 17.1. The molecule has 0 unspecified atom stereocenters. The summed E-state index contributed by atoms with van der Waals surface area (Å²) >= 11 is 1.36. The lowest BCUT2D eigenvalue weighted by atomic mass is 9.94. The molecule has 2 aromatic rings. The van der Waals surface area contributed by atoms with E-state index in [1.54, 1.807) is 5.38 Å². The van der Waals surface area contributed by atoms with Gasteiger partial charge in [-0.05, 0) is 32.7 Å². The third-order valence-electron chi connectivity index (χ3n) is 5.01. The Bertz CT molecular complexity index is 920. The monoisotopic (exact) mass is 413 g/mol. The molecule has 1 amide bonds. The van der Waals surface area contributed by atoms with Gasteiger partial charge in [0.2, 0.25) is 0 Å². The van der Waals surface area contributed by atoms with Gasteiger partial charge >= 0.3 is 0 Å². The van der Waals surface area contributed by atoms with Crippen LogP contribution in [0.2, 0.25) is 0 Å². The largest absolute Gasteiger partial charge is 0.316 e. The zero-order valence-electron chi connectivity index (χ0n) is 16.3. The second kappa shape index (κ2) is 8.82. The van der Waals surface area contributed by atoms with Crippen LogP contribution in [-0.4, -0.2) is 63.6 Å². The predicted molar refractivity (Wildman–Crippen MR) is 108 cm³/mol. The van der Waals surface area contributed by atoms with Gasteiger partial charge in [-0.1, -0.05) is 0 Å². The lowest BCUT2D eigenvalue weighted by Crippen LogP contribution is -2.35. The summed E-state index contributed by atoms with van der Waals surface area (Å²) in [5, 5.41) is 15.9. The molecule has 0 radical (unpaired) electrons. The molecule has 1 atom stereocenters. The van der Waals surface area contributed by atoms with Gasteiger partial charge in [0.1, 0.15) is 17.3 Å². The van der Waals surface area contributed by atoms with Crippen LogP contribution in [0.4, 0.5) is 10.9 Å².